The lowest BCUT2D eigenvalue weighted by molar-refractivity contribution is 0.529. The Morgan fingerprint density at radius 1 is 1.30 bits per heavy atom. The molecule has 0 fully saturated rings. The molecule has 20 heavy (non-hydrogen) atoms. The number of H-pyrrole nitrogens is 1. The molecule has 0 unspecified atom stereocenters. The van der Waals surface area contributed by atoms with Gasteiger partial charge < -0.3 is 10.2 Å². The lowest BCUT2D eigenvalue weighted by Gasteiger charge is -1.95. The van der Waals surface area contributed by atoms with Crippen molar-refractivity contribution in [3.63, 3.8) is 0 Å². The maximum Gasteiger partial charge on any atom is 0.216 e. The zero-order chi connectivity index (χ0) is 13.9. The number of nitrogen functional groups attached to an aromatic ring is 1. The molecule has 102 valence electrons. The van der Waals surface area contributed by atoms with Crippen LogP contribution < -0.4 is 5.73 Å². The normalized spacial score (nSPS) is 10.8. The predicted molar refractivity (Wildman–Crippen MR) is 72.3 cm³/mol. The van der Waals surface area contributed by atoms with Crippen LogP contribution in [0.3, 0.4) is 0 Å². The van der Waals surface area contributed by atoms with E-state index in [2.05, 4.69) is 20.2 Å². The molecule has 2 heterocycles. The molecule has 0 saturated carbocycles. The number of nitrogens with two attached hydrogens (primary N) is 1. The van der Waals surface area contributed by atoms with E-state index in [4.69, 9.17) is 10.2 Å². The van der Waals surface area contributed by atoms with Gasteiger partial charge in [-0.25, -0.2) is 14.5 Å². The number of nitrogens with one attached hydrogen (secondary N) is 1. The molecule has 2 aromatic heterocycles. The quantitative estimate of drug-likeness (QED) is 0.717. The Labute approximate surface area is 117 Å². The standard InChI is InChI=1S/C12H10FN5OS/c13-8-3-1-7(2-4-8)9-5-15-10(19-9)6-20-12-16-11(14)17-18-12/h1-5H,6H2,(H3,14,16,17,18). The Morgan fingerprint density at radius 2 is 2.10 bits per heavy atom. The summed E-state index contributed by atoms with van der Waals surface area (Å²) in [7, 11) is 0. The number of aromatic nitrogens is 4. The van der Waals surface area contributed by atoms with Gasteiger partial charge in [-0.05, 0) is 24.3 Å². The summed E-state index contributed by atoms with van der Waals surface area (Å²) in [5.41, 5.74) is 6.20. The van der Waals surface area contributed by atoms with Gasteiger partial charge in [0.1, 0.15) is 5.82 Å². The lowest BCUT2D eigenvalue weighted by atomic mass is 10.2. The second-order valence-corrected chi connectivity index (χ2v) is 4.86. The molecule has 3 aromatic rings. The highest BCUT2D eigenvalue weighted by atomic mass is 32.2. The van der Waals surface area contributed by atoms with Crippen LogP contribution in [-0.4, -0.2) is 20.2 Å². The smallest absolute Gasteiger partial charge is 0.216 e. The molecule has 0 spiro atoms. The predicted octanol–water partition coefficient (Wildman–Crippen LogP) is 2.47. The Balaban J connectivity index is 1.69. The Kier molecular flexibility index (Phi) is 3.38. The fourth-order valence-electron chi connectivity index (χ4n) is 1.57. The summed E-state index contributed by atoms with van der Waals surface area (Å²) in [6.07, 6.45) is 1.61. The van der Waals surface area contributed by atoms with E-state index in [0.29, 0.717) is 22.6 Å². The molecule has 1 aromatic carbocycles. The van der Waals surface area contributed by atoms with Crippen molar-refractivity contribution in [2.75, 3.05) is 5.73 Å². The number of benzene rings is 1. The van der Waals surface area contributed by atoms with Crippen molar-refractivity contribution < 1.29 is 8.81 Å². The zero-order valence-electron chi connectivity index (χ0n) is 10.2. The number of oxazole rings is 1. The highest BCUT2D eigenvalue weighted by molar-refractivity contribution is 7.98. The molecule has 0 radical (unpaired) electrons. The molecule has 0 atom stereocenters. The van der Waals surface area contributed by atoms with Crippen molar-refractivity contribution in [3.8, 4) is 11.3 Å². The maximum atomic E-state index is 12.8. The van der Waals surface area contributed by atoms with Gasteiger partial charge in [-0.3, -0.25) is 0 Å². The van der Waals surface area contributed by atoms with Gasteiger partial charge in [-0.2, -0.15) is 4.98 Å². The monoisotopic (exact) mass is 291 g/mol. The molecular formula is C12H10FN5OS. The summed E-state index contributed by atoms with van der Waals surface area (Å²) in [5, 5.41) is 6.98. The van der Waals surface area contributed by atoms with Crippen LogP contribution in [0, 0.1) is 5.82 Å². The first kappa shape index (κ1) is 12.7. The van der Waals surface area contributed by atoms with Crippen LogP contribution in [-0.2, 0) is 5.75 Å². The molecule has 0 saturated heterocycles. The van der Waals surface area contributed by atoms with E-state index in [9.17, 15) is 4.39 Å². The summed E-state index contributed by atoms with van der Waals surface area (Å²) in [5.74, 6) is 1.60. The number of hydrogen-bond donors (Lipinski definition) is 2. The molecule has 0 aliphatic heterocycles. The van der Waals surface area contributed by atoms with Crippen LogP contribution in [0.5, 0.6) is 0 Å². The van der Waals surface area contributed by atoms with Gasteiger partial charge in [-0.15, -0.1) is 5.10 Å². The van der Waals surface area contributed by atoms with Gasteiger partial charge in [0.2, 0.25) is 17.0 Å². The Bertz CT molecular complexity index is 709. The van der Waals surface area contributed by atoms with E-state index >= 15 is 0 Å². The molecule has 8 heteroatoms. The third-order valence-electron chi connectivity index (χ3n) is 2.49. The van der Waals surface area contributed by atoms with Crippen molar-refractivity contribution in [2.24, 2.45) is 0 Å². The van der Waals surface area contributed by atoms with E-state index in [0.717, 1.165) is 5.56 Å². The molecular weight excluding hydrogens is 281 g/mol. The number of anilines is 1. The number of aromatic amines is 1. The molecule has 0 aliphatic carbocycles. The van der Waals surface area contributed by atoms with Crippen LogP contribution in [0.4, 0.5) is 10.3 Å². The van der Waals surface area contributed by atoms with E-state index in [1.165, 1.54) is 23.9 Å². The fourth-order valence-corrected chi connectivity index (χ4v) is 2.23. The first-order valence-corrected chi connectivity index (χ1v) is 6.70. The minimum atomic E-state index is -0.286. The lowest BCUT2D eigenvalue weighted by Crippen LogP contribution is -1.85. The summed E-state index contributed by atoms with van der Waals surface area (Å²) < 4.78 is 18.4. The van der Waals surface area contributed by atoms with Crippen molar-refractivity contribution >= 4 is 17.7 Å². The average Bonchev–Trinajstić information content (AvgIpc) is 3.06. The molecule has 0 aliphatic rings. The highest BCUT2D eigenvalue weighted by Gasteiger charge is 2.09. The van der Waals surface area contributed by atoms with Crippen molar-refractivity contribution in [2.45, 2.75) is 10.9 Å². The van der Waals surface area contributed by atoms with E-state index in [1.807, 2.05) is 0 Å². The van der Waals surface area contributed by atoms with Gasteiger partial charge >= 0.3 is 0 Å². The Morgan fingerprint density at radius 3 is 2.80 bits per heavy atom. The van der Waals surface area contributed by atoms with Gasteiger partial charge in [-0.1, -0.05) is 11.8 Å². The van der Waals surface area contributed by atoms with Crippen molar-refractivity contribution in [3.05, 3.63) is 42.2 Å². The maximum absolute atomic E-state index is 12.8. The molecule has 3 N–H and O–H groups in total. The van der Waals surface area contributed by atoms with Gasteiger partial charge in [0.25, 0.3) is 0 Å². The third kappa shape index (κ3) is 2.80. The molecule has 6 nitrogen and oxygen atoms in total. The minimum absolute atomic E-state index is 0.270. The van der Waals surface area contributed by atoms with Crippen LogP contribution in [0.1, 0.15) is 5.89 Å². The summed E-state index contributed by atoms with van der Waals surface area (Å²) >= 11 is 1.36. The molecule has 0 amide bonds. The summed E-state index contributed by atoms with van der Waals surface area (Å²) in [4.78, 5) is 8.12. The van der Waals surface area contributed by atoms with Gasteiger partial charge in [0.15, 0.2) is 5.76 Å². The molecule has 0 bridgehead atoms. The van der Waals surface area contributed by atoms with Crippen molar-refractivity contribution in [1.82, 2.24) is 20.2 Å². The van der Waals surface area contributed by atoms with Crippen LogP contribution in [0.2, 0.25) is 0 Å². The van der Waals surface area contributed by atoms with Crippen molar-refractivity contribution in [1.29, 1.82) is 0 Å². The topological polar surface area (TPSA) is 93.6 Å². The van der Waals surface area contributed by atoms with E-state index in [-0.39, 0.29) is 11.8 Å². The minimum Gasteiger partial charge on any atom is -0.440 e. The van der Waals surface area contributed by atoms with Crippen LogP contribution in [0.25, 0.3) is 11.3 Å². The van der Waals surface area contributed by atoms with Gasteiger partial charge in [0.05, 0.1) is 11.9 Å². The fraction of sp³-hybridized carbons (Fsp3) is 0.0833. The van der Waals surface area contributed by atoms with Crippen LogP contribution >= 0.6 is 11.8 Å². The van der Waals surface area contributed by atoms with Gasteiger partial charge in [0, 0.05) is 5.56 Å². The second kappa shape index (κ2) is 5.33. The first-order valence-electron chi connectivity index (χ1n) is 5.72. The van der Waals surface area contributed by atoms with E-state index < -0.39 is 0 Å². The number of nitrogens with zero attached hydrogens (tertiary/aromatic N) is 3. The second-order valence-electron chi connectivity index (χ2n) is 3.92. The van der Waals surface area contributed by atoms with Crippen LogP contribution in [0.15, 0.2) is 40.0 Å². The zero-order valence-corrected chi connectivity index (χ0v) is 11.0. The third-order valence-corrected chi connectivity index (χ3v) is 3.32. The highest BCUT2D eigenvalue weighted by Crippen LogP contribution is 2.24. The largest absolute Gasteiger partial charge is 0.440 e. The molecule has 3 rings (SSSR count). The first-order chi connectivity index (χ1) is 9.70. The average molecular weight is 291 g/mol. The number of thioether (sulfide) groups is 1. The number of hydrogen-bond acceptors (Lipinski definition) is 6. The summed E-state index contributed by atoms with van der Waals surface area (Å²) in [6, 6.07) is 6.04. The number of rotatable bonds is 4. The Hall–Kier alpha value is -2.35. The number of halogens is 1. The summed E-state index contributed by atoms with van der Waals surface area (Å²) in [6.45, 7) is 0. The van der Waals surface area contributed by atoms with E-state index in [1.54, 1.807) is 18.3 Å². The SMILES string of the molecule is Nc1nc(SCc2ncc(-c3ccc(F)cc3)o2)n[nH]1.